The van der Waals surface area contributed by atoms with Gasteiger partial charge in [0.1, 0.15) is 5.82 Å². The number of carbonyl (C=O) groups is 1. The van der Waals surface area contributed by atoms with Crippen molar-refractivity contribution in [1.29, 1.82) is 0 Å². The topological polar surface area (TPSA) is 17.1 Å². The van der Waals surface area contributed by atoms with Crippen LogP contribution in [0.25, 0.3) is 10.4 Å². The van der Waals surface area contributed by atoms with Gasteiger partial charge in [0.25, 0.3) is 0 Å². The highest BCUT2D eigenvalue weighted by molar-refractivity contribution is 7.15. The molecule has 0 unspecified atom stereocenters. The lowest BCUT2D eigenvalue weighted by atomic mass is 10.1. The molecule has 0 aliphatic rings. The van der Waals surface area contributed by atoms with Gasteiger partial charge in [0.15, 0.2) is 6.29 Å². The molecule has 0 aliphatic heterocycles. The molecule has 0 spiro atoms. The molecule has 0 bridgehead atoms. The number of hydrogen-bond acceptors (Lipinski definition) is 2. The first-order valence-corrected chi connectivity index (χ1v) is 5.34. The van der Waals surface area contributed by atoms with Crippen LogP contribution in [-0.2, 0) is 0 Å². The van der Waals surface area contributed by atoms with Gasteiger partial charge in [0.05, 0.1) is 5.56 Å². The van der Waals surface area contributed by atoms with Crippen LogP contribution in [0.2, 0.25) is 0 Å². The van der Waals surface area contributed by atoms with Gasteiger partial charge in [-0.3, -0.25) is 4.79 Å². The Morgan fingerprint density at radius 2 is 2.07 bits per heavy atom. The fraction of sp³-hybridized carbons (Fsp3) is 0.0833. The molecule has 0 radical (unpaired) electrons. The molecule has 1 aromatic heterocycles. The van der Waals surface area contributed by atoms with Gasteiger partial charge in [-0.1, -0.05) is 6.07 Å². The summed E-state index contributed by atoms with van der Waals surface area (Å²) in [6, 6.07) is 8.61. The van der Waals surface area contributed by atoms with Crippen molar-refractivity contribution >= 4 is 17.6 Å². The van der Waals surface area contributed by atoms with E-state index in [0.717, 1.165) is 10.4 Å². The summed E-state index contributed by atoms with van der Waals surface area (Å²) in [7, 11) is 0. The minimum atomic E-state index is -0.464. The Labute approximate surface area is 91.2 Å². The standard InChI is InChI=1S/C12H9FOS/c1-8-2-5-12(15-8)9-3-4-10(7-14)11(13)6-9/h2-7H,1H3. The molecule has 0 atom stereocenters. The highest BCUT2D eigenvalue weighted by Crippen LogP contribution is 2.28. The van der Waals surface area contributed by atoms with E-state index < -0.39 is 5.82 Å². The average Bonchev–Trinajstić information content (AvgIpc) is 2.65. The summed E-state index contributed by atoms with van der Waals surface area (Å²) in [5.74, 6) is -0.464. The van der Waals surface area contributed by atoms with Crippen molar-refractivity contribution in [3.05, 3.63) is 46.6 Å². The van der Waals surface area contributed by atoms with E-state index in [4.69, 9.17) is 0 Å². The number of carbonyl (C=O) groups excluding carboxylic acids is 1. The molecule has 0 fully saturated rings. The number of rotatable bonds is 2. The predicted octanol–water partition coefficient (Wildman–Crippen LogP) is 3.68. The molecule has 0 saturated heterocycles. The van der Waals surface area contributed by atoms with Crippen molar-refractivity contribution in [2.24, 2.45) is 0 Å². The van der Waals surface area contributed by atoms with Crippen LogP contribution in [-0.4, -0.2) is 6.29 Å². The highest BCUT2D eigenvalue weighted by atomic mass is 32.1. The smallest absolute Gasteiger partial charge is 0.152 e. The molecule has 0 N–H and O–H groups in total. The van der Waals surface area contributed by atoms with Gasteiger partial charge >= 0.3 is 0 Å². The van der Waals surface area contributed by atoms with Gasteiger partial charge in [-0.05, 0) is 36.8 Å². The first kappa shape index (κ1) is 10.1. The number of aryl methyl sites for hydroxylation is 1. The molecule has 3 heteroatoms. The van der Waals surface area contributed by atoms with Crippen LogP contribution in [0.1, 0.15) is 15.2 Å². The Bertz CT molecular complexity index is 502. The molecule has 2 rings (SSSR count). The van der Waals surface area contributed by atoms with Crippen molar-refractivity contribution in [2.75, 3.05) is 0 Å². The van der Waals surface area contributed by atoms with Crippen LogP contribution in [0, 0.1) is 12.7 Å². The summed E-state index contributed by atoms with van der Waals surface area (Å²) < 4.78 is 13.3. The van der Waals surface area contributed by atoms with Gasteiger partial charge in [-0.2, -0.15) is 0 Å². The third-order valence-corrected chi connectivity index (χ3v) is 3.20. The maximum absolute atomic E-state index is 13.3. The predicted molar refractivity (Wildman–Crippen MR) is 59.8 cm³/mol. The third-order valence-electron chi connectivity index (χ3n) is 2.15. The molecule has 1 heterocycles. The summed E-state index contributed by atoms with van der Waals surface area (Å²) >= 11 is 1.61. The van der Waals surface area contributed by atoms with Gasteiger partial charge < -0.3 is 0 Å². The molecule has 0 amide bonds. The lowest BCUT2D eigenvalue weighted by molar-refractivity contribution is 0.112. The molecule has 1 nitrogen and oxygen atoms in total. The summed E-state index contributed by atoms with van der Waals surface area (Å²) in [4.78, 5) is 12.6. The largest absolute Gasteiger partial charge is 0.298 e. The van der Waals surface area contributed by atoms with Gasteiger partial charge in [0, 0.05) is 9.75 Å². The second-order valence-corrected chi connectivity index (χ2v) is 4.55. The molecule has 15 heavy (non-hydrogen) atoms. The number of halogens is 1. The van der Waals surface area contributed by atoms with E-state index in [1.54, 1.807) is 17.4 Å². The Morgan fingerprint density at radius 1 is 1.27 bits per heavy atom. The quantitative estimate of drug-likeness (QED) is 0.706. The maximum atomic E-state index is 13.3. The van der Waals surface area contributed by atoms with E-state index in [2.05, 4.69) is 0 Å². The number of benzene rings is 1. The fourth-order valence-corrected chi connectivity index (χ4v) is 2.23. The van der Waals surface area contributed by atoms with Gasteiger partial charge in [-0.25, -0.2) is 4.39 Å². The highest BCUT2D eigenvalue weighted by Gasteiger charge is 2.05. The minimum absolute atomic E-state index is 0.104. The van der Waals surface area contributed by atoms with Crippen LogP contribution in [0.5, 0.6) is 0 Å². The van der Waals surface area contributed by atoms with E-state index >= 15 is 0 Å². The Hall–Kier alpha value is -1.48. The molecule has 2 aromatic rings. The van der Waals surface area contributed by atoms with Crippen LogP contribution in [0.15, 0.2) is 30.3 Å². The molecular formula is C12H9FOS. The van der Waals surface area contributed by atoms with Crippen LogP contribution < -0.4 is 0 Å². The first-order chi connectivity index (χ1) is 7.20. The Balaban J connectivity index is 2.46. The van der Waals surface area contributed by atoms with Gasteiger partial charge in [-0.15, -0.1) is 11.3 Å². The van der Waals surface area contributed by atoms with Crippen LogP contribution >= 0.6 is 11.3 Å². The van der Waals surface area contributed by atoms with E-state index in [1.807, 2.05) is 19.1 Å². The molecule has 76 valence electrons. The second kappa shape index (κ2) is 3.95. The zero-order chi connectivity index (χ0) is 10.8. The van der Waals surface area contributed by atoms with Crippen molar-refractivity contribution in [1.82, 2.24) is 0 Å². The van der Waals surface area contributed by atoms with Crippen molar-refractivity contribution in [3.8, 4) is 10.4 Å². The fourth-order valence-electron chi connectivity index (χ4n) is 1.37. The zero-order valence-corrected chi connectivity index (χ0v) is 8.98. The number of hydrogen-bond donors (Lipinski definition) is 0. The van der Waals surface area contributed by atoms with Crippen molar-refractivity contribution in [3.63, 3.8) is 0 Å². The van der Waals surface area contributed by atoms with Crippen molar-refractivity contribution in [2.45, 2.75) is 6.92 Å². The molecule has 0 aliphatic carbocycles. The Kier molecular flexibility index (Phi) is 2.64. The zero-order valence-electron chi connectivity index (χ0n) is 8.16. The average molecular weight is 220 g/mol. The van der Waals surface area contributed by atoms with E-state index in [0.29, 0.717) is 6.29 Å². The van der Waals surface area contributed by atoms with E-state index in [-0.39, 0.29) is 5.56 Å². The van der Waals surface area contributed by atoms with E-state index in [9.17, 15) is 9.18 Å². The Morgan fingerprint density at radius 3 is 2.60 bits per heavy atom. The normalized spacial score (nSPS) is 10.3. The minimum Gasteiger partial charge on any atom is -0.298 e. The monoisotopic (exact) mass is 220 g/mol. The number of aldehydes is 1. The lowest BCUT2D eigenvalue weighted by Crippen LogP contribution is -1.87. The van der Waals surface area contributed by atoms with Crippen molar-refractivity contribution < 1.29 is 9.18 Å². The lowest BCUT2D eigenvalue weighted by Gasteiger charge is -1.99. The summed E-state index contributed by atoms with van der Waals surface area (Å²) in [6.07, 6.45) is 0.527. The summed E-state index contributed by atoms with van der Waals surface area (Å²) in [6.45, 7) is 2.00. The van der Waals surface area contributed by atoms with Crippen LogP contribution in [0.4, 0.5) is 4.39 Å². The number of thiophene rings is 1. The molecule has 0 saturated carbocycles. The van der Waals surface area contributed by atoms with E-state index in [1.165, 1.54) is 17.0 Å². The van der Waals surface area contributed by atoms with Gasteiger partial charge in [0.2, 0.25) is 0 Å². The molecule has 1 aromatic carbocycles. The first-order valence-electron chi connectivity index (χ1n) is 4.52. The summed E-state index contributed by atoms with van der Waals surface area (Å²) in [5.41, 5.74) is 0.920. The third kappa shape index (κ3) is 1.97. The summed E-state index contributed by atoms with van der Waals surface area (Å²) in [5, 5.41) is 0. The van der Waals surface area contributed by atoms with Crippen LogP contribution in [0.3, 0.4) is 0 Å². The second-order valence-electron chi connectivity index (χ2n) is 3.26. The maximum Gasteiger partial charge on any atom is 0.152 e. The molecular weight excluding hydrogens is 211 g/mol. The SMILES string of the molecule is Cc1ccc(-c2ccc(C=O)c(F)c2)s1.